The minimum Gasteiger partial charge on any atom is -0.493 e. The highest BCUT2D eigenvalue weighted by Crippen LogP contribution is 2.34. The van der Waals surface area contributed by atoms with Crippen LogP contribution in [0.3, 0.4) is 0 Å². The van der Waals surface area contributed by atoms with E-state index < -0.39 is 0 Å². The summed E-state index contributed by atoms with van der Waals surface area (Å²) in [5.74, 6) is 1.89. The first-order valence-electron chi connectivity index (χ1n) is 10.4. The molecule has 0 bridgehead atoms. The highest BCUT2D eigenvalue weighted by molar-refractivity contribution is 7.16. The Morgan fingerprint density at radius 2 is 1.87 bits per heavy atom. The summed E-state index contributed by atoms with van der Waals surface area (Å²) in [4.78, 5) is 20.2. The molecule has 0 atom stereocenters. The molecule has 1 aliphatic carbocycles. The van der Waals surface area contributed by atoms with E-state index >= 15 is 0 Å². The van der Waals surface area contributed by atoms with Gasteiger partial charge in [-0.15, -0.1) is 0 Å². The van der Waals surface area contributed by atoms with Crippen LogP contribution in [-0.4, -0.2) is 40.8 Å². The maximum absolute atomic E-state index is 12.6. The Morgan fingerprint density at radius 1 is 1.10 bits per heavy atom. The van der Waals surface area contributed by atoms with E-state index in [1.54, 1.807) is 31.6 Å². The van der Waals surface area contributed by atoms with Gasteiger partial charge in [-0.25, -0.2) is 4.98 Å². The second-order valence-electron chi connectivity index (χ2n) is 7.92. The number of benzene rings is 1. The second kappa shape index (κ2) is 9.14. The zero-order valence-electron chi connectivity index (χ0n) is 17.8. The van der Waals surface area contributed by atoms with Crippen molar-refractivity contribution in [1.82, 2.24) is 19.5 Å². The molecule has 160 valence electrons. The van der Waals surface area contributed by atoms with Gasteiger partial charge in [-0.3, -0.25) is 9.69 Å². The third kappa shape index (κ3) is 4.49. The van der Waals surface area contributed by atoms with E-state index in [2.05, 4.69) is 10.00 Å². The molecule has 2 aromatic heterocycles. The molecule has 0 radical (unpaired) electrons. The number of methoxy groups -OCH3 is 2. The summed E-state index contributed by atoms with van der Waals surface area (Å²) in [6.45, 7) is 1.29. The van der Waals surface area contributed by atoms with Gasteiger partial charge in [-0.1, -0.05) is 36.7 Å². The minimum atomic E-state index is -0.104. The number of nitrogens with zero attached hydrogens (tertiary/aromatic N) is 4. The van der Waals surface area contributed by atoms with Crippen molar-refractivity contribution in [3.63, 3.8) is 0 Å². The van der Waals surface area contributed by atoms with Crippen LogP contribution in [0.1, 0.15) is 54.3 Å². The average molecular weight is 429 g/mol. The molecule has 0 saturated heterocycles. The maximum Gasteiger partial charge on any atom is 0.275 e. The zero-order valence-corrected chi connectivity index (χ0v) is 18.6. The number of rotatable bonds is 7. The van der Waals surface area contributed by atoms with Gasteiger partial charge in [-0.2, -0.15) is 9.61 Å². The van der Waals surface area contributed by atoms with E-state index in [0.29, 0.717) is 35.5 Å². The van der Waals surface area contributed by atoms with Gasteiger partial charge in [0.2, 0.25) is 4.96 Å². The largest absolute Gasteiger partial charge is 0.493 e. The van der Waals surface area contributed by atoms with Crippen LogP contribution in [0.5, 0.6) is 11.5 Å². The molecular formula is C22H28N4O3S. The molecule has 1 fully saturated rings. The molecule has 0 aliphatic heterocycles. The van der Waals surface area contributed by atoms with Crippen molar-refractivity contribution in [3.8, 4) is 11.5 Å². The fourth-order valence-corrected chi connectivity index (χ4v) is 5.18. The average Bonchev–Trinajstić information content (AvgIpc) is 3.19. The Bertz CT molecular complexity index is 1070. The summed E-state index contributed by atoms with van der Waals surface area (Å²) in [6.07, 6.45) is 6.12. The van der Waals surface area contributed by atoms with Crippen molar-refractivity contribution in [1.29, 1.82) is 0 Å². The minimum absolute atomic E-state index is 0.104. The first-order chi connectivity index (χ1) is 14.6. The summed E-state index contributed by atoms with van der Waals surface area (Å²) >= 11 is 1.56. The van der Waals surface area contributed by atoms with Crippen LogP contribution in [0.4, 0.5) is 0 Å². The monoisotopic (exact) mass is 428 g/mol. The summed E-state index contributed by atoms with van der Waals surface area (Å²) in [6, 6.07) is 7.49. The van der Waals surface area contributed by atoms with Gasteiger partial charge in [-0.05, 0) is 37.6 Å². The van der Waals surface area contributed by atoms with Crippen molar-refractivity contribution < 1.29 is 9.47 Å². The van der Waals surface area contributed by atoms with Gasteiger partial charge in [0.1, 0.15) is 5.01 Å². The highest BCUT2D eigenvalue weighted by Gasteiger charge is 2.21. The highest BCUT2D eigenvalue weighted by atomic mass is 32.1. The molecule has 0 amide bonds. The molecule has 8 heteroatoms. The van der Waals surface area contributed by atoms with Gasteiger partial charge >= 0.3 is 0 Å². The predicted molar refractivity (Wildman–Crippen MR) is 118 cm³/mol. The second-order valence-corrected chi connectivity index (χ2v) is 8.90. The molecule has 1 saturated carbocycles. The van der Waals surface area contributed by atoms with Crippen molar-refractivity contribution in [2.45, 2.75) is 51.1 Å². The number of aromatic nitrogens is 3. The van der Waals surface area contributed by atoms with Crippen LogP contribution in [-0.2, 0) is 13.1 Å². The van der Waals surface area contributed by atoms with Crippen molar-refractivity contribution in [3.05, 3.63) is 50.9 Å². The van der Waals surface area contributed by atoms with E-state index in [1.807, 2.05) is 25.2 Å². The van der Waals surface area contributed by atoms with Gasteiger partial charge in [0.25, 0.3) is 5.56 Å². The van der Waals surface area contributed by atoms with E-state index in [0.717, 1.165) is 29.1 Å². The SMILES string of the molecule is COc1ccc(CN(C)Cc2cc(=O)n3nc(C4CCCCC4)sc3n2)cc1OC. The van der Waals surface area contributed by atoms with Crippen LogP contribution in [0.25, 0.3) is 4.96 Å². The van der Waals surface area contributed by atoms with Gasteiger partial charge in [0.15, 0.2) is 11.5 Å². The van der Waals surface area contributed by atoms with E-state index in [9.17, 15) is 4.79 Å². The van der Waals surface area contributed by atoms with Crippen molar-refractivity contribution in [2.24, 2.45) is 0 Å². The fraction of sp³-hybridized carbons (Fsp3) is 0.500. The number of fused-ring (bicyclic) bond motifs is 1. The van der Waals surface area contributed by atoms with E-state index in [4.69, 9.17) is 14.5 Å². The lowest BCUT2D eigenvalue weighted by Gasteiger charge is -2.18. The Kier molecular flexibility index (Phi) is 6.34. The van der Waals surface area contributed by atoms with Crippen molar-refractivity contribution >= 4 is 16.3 Å². The molecule has 0 unspecified atom stereocenters. The van der Waals surface area contributed by atoms with Crippen LogP contribution in [0.2, 0.25) is 0 Å². The number of hydrogen-bond donors (Lipinski definition) is 0. The summed E-state index contributed by atoms with van der Waals surface area (Å²) in [5, 5.41) is 5.63. The van der Waals surface area contributed by atoms with Crippen LogP contribution >= 0.6 is 11.3 Å². The quantitative estimate of drug-likeness (QED) is 0.569. The molecule has 7 nitrogen and oxygen atoms in total. The number of hydrogen-bond acceptors (Lipinski definition) is 7. The third-order valence-electron chi connectivity index (χ3n) is 5.60. The van der Waals surface area contributed by atoms with E-state index in [-0.39, 0.29) is 5.56 Å². The molecule has 3 aromatic rings. The summed E-state index contributed by atoms with van der Waals surface area (Å²) in [5.41, 5.74) is 1.76. The molecule has 0 spiro atoms. The van der Waals surface area contributed by atoms with Gasteiger partial charge < -0.3 is 9.47 Å². The Balaban J connectivity index is 1.49. The van der Waals surface area contributed by atoms with Crippen LogP contribution in [0.15, 0.2) is 29.1 Å². The Morgan fingerprint density at radius 3 is 2.60 bits per heavy atom. The molecule has 1 aromatic carbocycles. The third-order valence-corrected chi connectivity index (χ3v) is 6.67. The zero-order chi connectivity index (χ0) is 21.1. The topological polar surface area (TPSA) is 69.0 Å². The lowest BCUT2D eigenvalue weighted by molar-refractivity contribution is 0.312. The Hall–Kier alpha value is -2.45. The smallest absolute Gasteiger partial charge is 0.275 e. The van der Waals surface area contributed by atoms with E-state index in [1.165, 1.54) is 23.8 Å². The molecule has 30 heavy (non-hydrogen) atoms. The van der Waals surface area contributed by atoms with Crippen LogP contribution < -0.4 is 15.0 Å². The normalized spacial score (nSPS) is 15.1. The molecule has 1 aliphatic rings. The Labute approximate surface area is 180 Å². The van der Waals surface area contributed by atoms with Crippen molar-refractivity contribution in [2.75, 3.05) is 21.3 Å². The summed E-state index contributed by atoms with van der Waals surface area (Å²) < 4.78 is 12.2. The molecule has 4 rings (SSSR count). The first-order valence-corrected chi connectivity index (χ1v) is 11.2. The number of ether oxygens (including phenoxy) is 2. The lowest BCUT2D eigenvalue weighted by atomic mass is 9.90. The maximum atomic E-state index is 12.6. The predicted octanol–water partition coefficient (Wildman–Crippen LogP) is 3.85. The molecule has 2 heterocycles. The lowest BCUT2D eigenvalue weighted by Crippen LogP contribution is -2.22. The summed E-state index contributed by atoms with van der Waals surface area (Å²) in [7, 11) is 5.28. The van der Waals surface area contributed by atoms with Gasteiger partial charge in [0, 0.05) is 25.1 Å². The first kappa shape index (κ1) is 20.8. The van der Waals surface area contributed by atoms with Crippen LogP contribution in [0, 0.1) is 0 Å². The standard InChI is InChI=1S/C22H28N4O3S/c1-25(13-15-9-10-18(28-2)19(11-15)29-3)14-17-12-20(27)26-22(23-17)30-21(24-26)16-7-5-4-6-8-16/h9-12,16H,4-8,13-14H2,1-3H3. The van der Waals surface area contributed by atoms with Gasteiger partial charge in [0.05, 0.1) is 19.9 Å². The fourth-order valence-electron chi connectivity index (χ4n) is 4.09. The molecular weight excluding hydrogens is 400 g/mol. The molecule has 0 N–H and O–H groups in total.